The average Bonchev–Trinajstić information content (AvgIpc) is 2.92. The Kier molecular flexibility index (Phi) is 10.3. The minimum Gasteiger partial charge on any atom is -0.354 e. The van der Waals surface area contributed by atoms with Gasteiger partial charge >= 0.3 is 0 Å². The van der Waals surface area contributed by atoms with Crippen molar-refractivity contribution in [1.82, 2.24) is 10.2 Å². The zero-order valence-corrected chi connectivity index (χ0v) is 22.9. The molecule has 0 aromatic heterocycles. The molecule has 0 aliphatic rings. The van der Waals surface area contributed by atoms with E-state index in [0.29, 0.717) is 17.1 Å². The van der Waals surface area contributed by atoms with Gasteiger partial charge in [-0.05, 0) is 67.4 Å². The number of carbonyl (C=O) groups excluding carboxylic acids is 2. The van der Waals surface area contributed by atoms with E-state index in [0.717, 1.165) is 17.1 Å². The molecule has 0 bridgehead atoms. The minimum absolute atomic E-state index is 0.0122. The topological polar surface area (TPSA) is 86.8 Å². The van der Waals surface area contributed by atoms with Gasteiger partial charge in [0.2, 0.25) is 11.8 Å². The minimum atomic E-state index is -4.14. The molecule has 2 amide bonds. The Morgan fingerprint density at radius 2 is 1.61 bits per heavy atom. The molecule has 3 rings (SSSR count). The molecule has 0 aliphatic carbocycles. The first-order chi connectivity index (χ1) is 18.1. The average molecular weight is 560 g/mol. The highest BCUT2D eigenvalue weighted by Gasteiger charge is 2.32. The van der Waals surface area contributed by atoms with Gasteiger partial charge in [0.25, 0.3) is 10.0 Å². The Labute approximate surface area is 228 Å². The number of carbonyl (C=O) groups is 2. The molecule has 0 radical (unpaired) electrons. The lowest BCUT2D eigenvalue weighted by Gasteiger charge is -2.32. The van der Waals surface area contributed by atoms with Crippen molar-refractivity contribution in [1.29, 1.82) is 0 Å². The van der Waals surface area contributed by atoms with Gasteiger partial charge in [0.1, 0.15) is 18.4 Å². The van der Waals surface area contributed by atoms with E-state index < -0.39 is 34.3 Å². The Morgan fingerprint density at radius 3 is 2.21 bits per heavy atom. The van der Waals surface area contributed by atoms with Gasteiger partial charge in [-0.1, -0.05) is 55.3 Å². The normalized spacial score (nSPS) is 12.0. The van der Waals surface area contributed by atoms with Crippen LogP contribution in [-0.2, 0) is 26.2 Å². The van der Waals surface area contributed by atoms with E-state index in [9.17, 15) is 22.4 Å². The molecule has 0 saturated heterocycles. The number of nitrogens with one attached hydrogen (secondary N) is 1. The maximum atomic E-state index is 13.8. The molecular formula is C28H31ClFN3O4S. The van der Waals surface area contributed by atoms with Crippen LogP contribution in [0.25, 0.3) is 0 Å². The van der Waals surface area contributed by atoms with Crippen LogP contribution in [0, 0.1) is 5.82 Å². The molecule has 0 fully saturated rings. The Balaban J connectivity index is 1.97. The van der Waals surface area contributed by atoms with Gasteiger partial charge in [-0.25, -0.2) is 12.8 Å². The quantitative estimate of drug-likeness (QED) is 0.316. The van der Waals surface area contributed by atoms with Crippen LogP contribution in [0.4, 0.5) is 10.1 Å². The summed E-state index contributed by atoms with van der Waals surface area (Å²) in [6.07, 6.45) is 1.67. The van der Waals surface area contributed by atoms with Crippen LogP contribution in [-0.4, -0.2) is 44.3 Å². The third-order valence-electron chi connectivity index (χ3n) is 5.99. The number of hydrogen-bond acceptors (Lipinski definition) is 4. The van der Waals surface area contributed by atoms with Gasteiger partial charge in [-0.2, -0.15) is 0 Å². The van der Waals surface area contributed by atoms with Crippen LogP contribution in [0.3, 0.4) is 0 Å². The summed E-state index contributed by atoms with van der Waals surface area (Å²) in [6.45, 7) is 3.46. The number of benzene rings is 3. The van der Waals surface area contributed by atoms with E-state index in [2.05, 4.69) is 5.32 Å². The van der Waals surface area contributed by atoms with E-state index in [1.165, 1.54) is 65.6 Å². The maximum Gasteiger partial charge on any atom is 0.264 e. The van der Waals surface area contributed by atoms with Crippen LogP contribution in [0.2, 0.25) is 5.02 Å². The van der Waals surface area contributed by atoms with Gasteiger partial charge in [0, 0.05) is 18.1 Å². The van der Waals surface area contributed by atoms with Gasteiger partial charge in [-0.15, -0.1) is 0 Å². The largest absolute Gasteiger partial charge is 0.354 e. The predicted molar refractivity (Wildman–Crippen MR) is 147 cm³/mol. The second-order valence-electron chi connectivity index (χ2n) is 8.77. The van der Waals surface area contributed by atoms with E-state index in [4.69, 9.17) is 11.6 Å². The molecular weight excluding hydrogens is 529 g/mol. The summed E-state index contributed by atoms with van der Waals surface area (Å²) in [6, 6.07) is 18.6. The number of sulfonamides is 1. The lowest BCUT2D eigenvalue weighted by Crippen LogP contribution is -2.51. The SMILES string of the molecule is CCCCNC(=O)[C@@H](C)N(Cc1ccc(F)cc1)C(=O)CN(c1ccc(Cl)cc1)S(=O)(=O)c1ccccc1. The lowest BCUT2D eigenvalue weighted by atomic mass is 10.1. The first kappa shape index (κ1) is 29.1. The predicted octanol–water partition coefficient (Wildman–Crippen LogP) is 5.01. The lowest BCUT2D eigenvalue weighted by molar-refractivity contribution is -0.139. The number of nitrogens with zero attached hydrogens (tertiary/aromatic N) is 2. The number of rotatable bonds is 12. The molecule has 38 heavy (non-hydrogen) atoms. The molecule has 7 nitrogen and oxygen atoms in total. The van der Waals surface area contributed by atoms with E-state index in [1.807, 2.05) is 6.92 Å². The molecule has 202 valence electrons. The fraction of sp³-hybridized carbons (Fsp3) is 0.286. The van der Waals surface area contributed by atoms with Crippen LogP contribution in [0.5, 0.6) is 0 Å². The summed E-state index contributed by atoms with van der Waals surface area (Å²) in [5.74, 6) is -1.39. The first-order valence-corrected chi connectivity index (χ1v) is 14.1. The summed E-state index contributed by atoms with van der Waals surface area (Å²) >= 11 is 6.02. The third-order valence-corrected chi connectivity index (χ3v) is 8.03. The van der Waals surface area contributed by atoms with Crippen molar-refractivity contribution in [2.24, 2.45) is 0 Å². The molecule has 0 spiro atoms. The molecule has 10 heteroatoms. The molecule has 1 N–H and O–H groups in total. The van der Waals surface area contributed by atoms with Crippen molar-refractivity contribution < 1.29 is 22.4 Å². The maximum absolute atomic E-state index is 13.8. The van der Waals surface area contributed by atoms with Crippen molar-refractivity contribution in [2.45, 2.75) is 44.2 Å². The molecule has 3 aromatic carbocycles. The van der Waals surface area contributed by atoms with Crippen LogP contribution in [0.1, 0.15) is 32.3 Å². The fourth-order valence-electron chi connectivity index (χ4n) is 3.76. The zero-order chi connectivity index (χ0) is 27.7. The van der Waals surface area contributed by atoms with Crippen molar-refractivity contribution >= 4 is 39.1 Å². The number of anilines is 1. The number of hydrogen-bond donors (Lipinski definition) is 1. The standard InChI is InChI=1S/C28H31ClFN3O4S/c1-3-4-18-31-28(35)21(2)32(19-22-10-14-24(30)15-11-22)27(34)20-33(25-16-12-23(29)13-17-25)38(36,37)26-8-6-5-7-9-26/h5-17,21H,3-4,18-20H2,1-2H3,(H,31,35)/t21-/m1/s1. The zero-order valence-electron chi connectivity index (χ0n) is 21.3. The summed E-state index contributed by atoms with van der Waals surface area (Å²) < 4.78 is 41.8. The van der Waals surface area contributed by atoms with E-state index in [-0.39, 0.29) is 23.0 Å². The molecule has 0 unspecified atom stereocenters. The van der Waals surface area contributed by atoms with Crippen molar-refractivity contribution in [3.05, 3.63) is 95.3 Å². The van der Waals surface area contributed by atoms with E-state index >= 15 is 0 Å². The van der Waals surface area contributed by atoms with Crippen LogP contribution >= 0.6 is 11.6 Å². The number of amides is 2. The highest BCUT2D eigenvalue weighted by atomic mass is 35.5. The van der Waals surface area contributed by atoms with Crippen molar-refractivity contribution in [3.63, 3.8) is 0 Å². The van der Waals surface area contributed by atoms with Crippen molar-refractivity contribution in [3.8, 4) is 0 Å². The number of halogens is 2. The second-order valence-corrected chi connectivity index (χ2v) is 11.1. The smallest absolute Gasteiger partial charge is 0.264 e. The highest BCUT2D eigenvalue weighted by Crippen LogP contribution is 2.26. The molecule has 0 saturated carbocycles. The molecule has 0 aliphatic heterocycles. The van der Waals surface area contributed by atoms with Gasteiger partial charge in [0.15, 0.2) is 0 Å². The highest BCUT2D eigenvalue weighted by molar-refractivity contribution is 7.92. The van der Waals surface area contributed by atoms with Crippen molar-refractivity contribution in [2.75, 3.05) is 17.4 Å². The molecule has 1 atom stereocenters. The molecule has 0 heterocycles. The van der Waals surface area contributed by atoms with Crippen LogP contribution < -0.4 is 9.62 Å². The summed E-state index contributed by atoms with van der Waals surface area (Å²) in [5, 5.41) is 3.23. The second kappa shape index (κ2) is 13.4. The Morgan fingerprint density at radius 1 is 0.974 bits per heavy atom. The Hall–Kier alpha value is -3.43. The summed E-state index contributed by atoms with van der Waals surface area (Å²) in [7, 11) is -4.14. The monoisotopic (exact) mass is 559 g/mol. The molecule has 3 aromatic rings. The van der Waals surface area contributed by atoms with Gasteiger partial charge in [-0.3, -0.25) is 13.9 Å². The Bertz CT molecular complexity index is 1320. The first-order valence-electron chi connectivity index (χ1n) is 12.3. The fourth-order valence-corrected chi connectivity index (χ4v) is 5.32. The summed E-state index contributed by atoms with van der Waals surface area (Å²) in [5.41, 5.74) is 0.838. The van der Waals surface area contributed by atoms with E-state index in [1.54, 1.807) is 25.1 Å². The number of unbranched alkanes of at least 4 members (excludes halogenated alkanes) is 1. The van der Waals surface area contributed by atoms with Crippen LogP contribution in [0.15, 0.2) is 83.8 Å². The third kappa shape index (κ3) is 7.55. The van der Waals surface area contributed by atoms with Gasteiger partial charge < -0.3 is 10.2 Å². The summed E-state index contributed by atoms with van der Waals surface area (Å²) in [4.78, 5) is 28.0. The van der Waals surface area contributed by atoms with Gasteiger partial charge in [0.05, 0.1) is 10.6 Å².